The lowest BCUT2D eigenvalue weighted by molar-refractivity contribution is -0.0102. The third-order valence-electron chi connectivity index (χ3n) is 3.42. The molecule has 1 aliphatic rings. The summed E-state index contributed by atoms with van der Waals surface area (Å²) in [6.07, 6.45) is 4.72. The lowest BCUT2D eigenvalue weighted by Gasteiger charge is -2.35. The molecule has 0 atom stereocenters. The SMILES string of the molecule is CCOC1CC(NCc2cnn(C)c2C)C1. The standard InChI is InChI=1S/C12H21N3O/c1-4-16-12-5-11(6-12)13-7-10-8-14-15(3)9(10)2/h8,11-13H,4-7H2,1-3H3. The van der Waals surface area contributed by atoms with Gasteiger partial charge in [0.15, 0.2) is 0 Å². The highest BCUT2D eigenvalue weighted by Crippen LogP contribution is 2.23. The van der Waals surface area contributed by atoms with Gasteiger partial charge < -0.3 is 10.1 Å². The van der Waals surface area contributed by atoms with Crippen LogP contribution in [0.3, 0.4) is 0 Å². The molecule has 0 spiro atoms. The van der Waals surface area contributed by atoms with Crippen molar-refractivity contribution in [3.63, 3.8) is 0 Å². The zero-order valence-corrected chi connectivity index (χ0v) is 10.4. The molecule has 0 unspecified atom stereocenters. The molecule has 90 valence electrons. The maximum atomic E-state index is 5.53. The van der Waals surface area contributed by atoms with Crippen molar-refractivity contribution in [2.75, 3.05) is 6.61 Å². The fourth-order valence-corrected chi connectivity index (χ4v) is 2.08. The quantitative estimate of drug-likeness (QED) is 0.820. The van der Waals surface area contributed by atoms with Crippen LogP contribution in [0.15, 0.2) is 6.20 Å². The normalized spacial score (nSPS) is 24.4. The highest BCUT2D eigenvalue weighted by molar-refractivity contribution is 5.15. The van der Waals surface area contributed by atoms with Crippen LogP contribution in [0, 0.1) is 6.92 Å². The van der Waals surface area contributed by atoms with Gasteiger partial charge in [0.1, 0.15) is 0 Å². The van der Waals surface area contributed by atoms with Crippen LogP contribution in [0.5, 0.6) is 0 Å². The van der Waals surface area contributed by atoms with Crippen LogP contribution in [0.2, 0.25) is 0 Å². The molecule has 0 aliphatic heterocycles. The molecule has 16 heavy (non-hydrogen) atoms. The number of aromatic nitrogens is 2. The molecule has 1 heterocycles. The van der Waals surface area contributed by atoms with E-state index in [0.29, 0.717) is 12.1 Å². The summed E-state index contributed by atoms with van der Waals surface area (Å²) in [5.41, 5.74) is 2.54. The van der Waals surface area contributed by atoms with Crippen molar-refractivity contribution in [3.05, 3.63) is 17.5 Å². The molecular formula is C12H21N3O. The van der Waals surface area contributed by atoms with Crippen molar-refractivity contribution in [2.45, 2.75) is 45.4 Å². The predicted octanol–water partition coefficient (Wildman–Crippen LogP) is 1.39. The van der Waals surface area contributed by atoms with Crippen LogP contribution in [0.1, 0.15) is 31.0 Å². The molecule has 0 aromatic carbocycles. The summed E-state index contributed by atoms with van der Waals surface area (Å²) >= 11 is 0. The molecule has 0 radical (unpaired) electrons. The minimum atomic E-state index is 0.484. The first-order chi connectivity index (χ1) is 7.70. The molecule has 0 amide bonds. The Bertz CT molecular complexity index is 342. The topological polar surface area (TPSA) is 39.1 Å². The van der Waals surface area contributed by atoms with Gasteiger partial charge in [0, 0.05) is 37.5 Å². The number of hydrogen-bond donors (Lipinski definition) is 1. The molecule has 2 rings (SSSR count). The largest absolute Gasteiger partial charge is 0.378 e. The van der Waals surface area contributed by atoms with Gasteiger partial charge in [0.25, 0.3) is 0 Å². The second-order valence-corrected chi connectivity index (χ2v) is 4.51. The fourth-order valence-electron chi connectivity index (χ4n) is 2.08. The van der Waals surface area contributed by atoms with Crippen LogP contribution in [-0.2, 0) is 18.3 Å². The maximum Gasteiger partial charge on any atom is 0.0604 e. The predicted molar refractivity (Wildman–Crippen MR) is 63.2 cm³/mol. The minimum absolute atomic E-state index is 0.484. The number of rotatable bonds is 5. The van der Waals surface area contributed by atoms with Gasteiger partial charge in [-0.15, -0.1) is 0 Å². The Morgan fingerprint density at radius 2 is 2.31 bits per heavy atom. The van der Waals surface area contributed by atoms with E-state index in [2.05, 4.69) is 24.3 Å². The smallest absolute Gasteiger partial charge is 0.0604 e. The zero-order valence-electron chi connectivity index (χ0n) is 10.4. The van der Waals surface area contributed by atoms with Gasteiger partial charge in [0.2, 0.25) is 0 Å². The van der Waals surface area contributed by atoms with Gasteiger partial charge in [0.05, 0.1) is 12.3 Å². The van der Waals surface area contributed by atoms with E-state index < -0.39 is 0 Å². The molecule has 1 aromatic heterocycles. The van der Waals surface area contributed by atoms with Crippen molar-refractivity contribution < 1.29 is 4.74 Å². The van der Waals surface area contributed by atoms with Crippen LogP contribution in [0.4, 0.5) is 0 Å². The summed E-state index contributed by atoms with van der Waals surface area (Å²) in [4.78, 5) is 0. The first-order valence-corrected chi connectivity index (χ1v) is 6.03. The third-order valence-corrected chi connectivity index (χ3v) is 3.42. The fraction of sp³-hybridized carbons (Fsp3) is 0.750. The van der Waals surface area contributed by atoms with Gasteiger partial charge >= 0.3 is 0 Å². The van der Waals surface area contributed by atoms with E-state index in [4.69, 9.17) is 4.74 Å². The maximum absolute atomic E-state index is 5.53. The molecule has 0 saturated heterocycles. The summed E-state index contributed by atoms with van der Waals surface area (Å²) in [6, 6.07) is 0.621. The minimum Gasteiger partial charge on any atom is -0.378 e. The Labute approximate surface area is 97.0 Å². The van der Waals surface area contributed by atoms with Gasteiger partial charge in [-0.05, 0) is 26.7 Å². The first-order valence-electron chi connectivity index (χ1n) is 6.03. The number of aryl methyl sites for hydroxylation is 1. The Balaban J connectivity index is 1.71. The van der Waals surface area contributed by atoms with Crippen LogP contribution >= 0.6 is 0 Å². The van der Waals surface area contributed by atoms with E-state index in [1.165, 1.54) is 11.3 Å². The molecule has 0 bridgehead atoms. The van der Waals surface area contributed by atoms with Crippen molar-refractivity contribution in [1.29, 1.82) is 0 Å². The number of hydrogen-bond acceptors (Lipinski definition) is 3. The molecule has 1 fully saturated rings. The highest BCUT2D eigenvalue weighted by atomic mass is 16.5. The Morgan fingerprint density at radius 1 is 1.56 bits per heavy atom. The number of ether oxygens (including phenoxy) is 1. The van der Waals surface area contributed by atoms with E-state index in [1.54, 1.807) is 0 Å². The van der Waals surface area contributed by atoms with E-state index in [-0.39, 0.29) is 0 Å². The lowest BCUT2D eigenvalue weighted by atomic mass is 9.89. The zero-order chi connectivity index (χ0) is 11.5. The molecule has 4 nitrogen and oxygen atoms in total. The molecule has 1 saturated carbocycles. The molecule has 1 N–H and O–H groups in total. The second-order valence-electron chi connectivity index (χ2n) is 4.51. The van der Waals surface area contributed by atoms with E-state index in [1.807, 2.05) is 17.9 Å². The summed E-state index contributed by atoms with van der Waals surface area (Å²) < 4.78 is 7.45. The van der Waals surface area contributed by atoms with Gasteiger partial charge in [-0.1, -0.05) is 0 Å². The number of nitrogens with zero attached hydrogens (tertiary/aromatic N) is 2. The van der Waals surface area contributed by atoms with Crippen LogP contribution in [0.25, 0.3) is 0 Å². The summed E-state index contributed by atoms with van der Waals surface area (Å²) in [5.74, 6) is 0. The number of nitrogens with one attached hydrogen (secondary N) is 1. The average molecular weight is 223 g/mol. The molecule has 4 heteroatoms. The molecule has 1 aromatic rings. The Kier molecular flexibility index (Phi) is 3.61. The van der Waals surface area contributed by atoms with Crippen molar-refractivity contribution >= 4 is 0 Å². The molecular weight excluding hydrogens is 202 g/mol. The monoisotopic (exact) mass is 223 g/mol. The van der Waals surface area contributed by atoms with Crippen molar-refractivity contribution in [2.24, 2.45) is 7.05 Å². The van der Waals surface area contributed by atoms with Gasteiger partial charge in [-0.3, -0.25) is 4.68 Å². The summed E-state index contributed by atoms with van der Waals surface area (Å²) in [5, 5.41) is 7.78. The molecule has 1 aliphatic carbocycles. The highest BCUT2D eigenvalue weighted by Gasteiger charge is 2.28. The van der Waals surface area contributed by atoms with Gasteiger partial charge in [-0.2, -0.15) is 5.10 Å². The second kappa shape index (κ2) is 4.97. The van der Waals surface area contributed by atoms with E-state index >= 15 is 0 Å². The van der Waals surface area contributed by atoms with Crippen molar-refractivity contribution in [3.8, 4) is 0 Å². The van der Waals surface area contributed by atoms with Crippen LogP contribution in [-0.4, -0.2) is 28.5 Å². The third kappa shape index (κ3) is 2.44. The van der Waals surface area contributed by atoms with Gasteiger partial charge in [-0.25, -0.2) is 0 Å². The van der Waals surface area contributed by atoms with E-state index in [9.17, 15) is 0 Å². The Morgan fingerprint density at radius 3 is 2.88 bits per heavy atom. The van der Waals surface area contributed by atoms with E-state index in [0.717, 1.165) is 26.0 Å². The van der Waals surface area contributed by atoms with Crippen LogP contribution < -0.4 is 5.32 Å². The average Bonchev–Trinajstić information content (AvgIpc) is 2.52. The summed E-state index contributed by atoms with van der Waals surface area (Å²) in [7, 11) is 1.98. The lowest BCUT2D eigenvalue weighted by Crippen LogP contribution is -2.45. The first kappa shape index (κ1) is 11.6. The summed E-state index contributed by atoms with van der Waals surface area (Å²) in [6.45, 7) is 5.91. The van der Waals surface area contributed by atoms with Crippen molar-refractivity contribution in [1.82, 2.24) is 15.1 Å². The Hall–Kier alpha value is -0.870.